The van der Waals surface area contributed by atoms with E-state index >= 15 is 0 Å². The third-order valence-electron chi connectivity index (χ3n) is 0.444. The highest BCUT2D eigenvalue weighted by Crippen LogP contribution is 2.41. The zero-order chi connectivity index (χ0) is 7.49. The summed E-state index contributed by atoms with van der Waals surface area (Å²) in [4.78, 5) is 10.0. The highest BCUT2D eigenvalue weighted by molar-refractivity contribution is 7.87. The third-order valence-corrected chi connectivity index (χ3v) is 1.22. The number of carbonyl (C=O) groups excluding carboxylic acids is 1. The molecule has 0 rings (SSSR count). The molecule has 0 aromatic carbocycles. The Morgan fingerprint density at radius 2 is 2.33 bits per heavy atom. The van der Waals surface area contributed by atoms with Crippen LogP contribution in [0.15, 0.2) is 0 Å². The molecule has 4 nitrogen and oxygen atoms in total. The van der Waals surface area contributed by atoms with Gasteiger partial charge in [0.1, 0.15) is 0 Å². The molecule has 0 radical (unpaired) electrons. The summed E-state index contributed by atoms with van der Waals surface area (Å²) >= 11 is 5.03. The molecule has 1 unspecified atom stereocenters. The second kappa shape index (κ2) is 3.20. The van der Waals surface area contributed by atoms with Crippen LogP contribution in [0.2, 0.25) is 0 Å². The van der Waals surface area contributed by atoms with Crippen LogP contribution in [0, 0.1) is 0 Å². The molecule has 0 aromatic heterocycles. The predicted molar refractivity (Wildman–Crippen MR) is 34.3 cm³/mol. The van der Waals surface area contributed by atoms with Gasteiger partial charge in [0, 0.05) is 6.92 Å². The molecule has 0 spiro atoms. The van der Waals surface area contributed by atoms with Crippen LogP contribution in [0.4, 0.5) is 0 Å². The molecule has 0 aromatic rings. The van der Waals surface area contributed by atoms with Crippen LogP contribution in [0.1, 0.15) is 6.92 Å². The van der Waals surface area contributed by atoms with E-state index in [1.165, 1.54) is 6.92 Å². The van der Waals surface area contributed by atoms with Gasteiger partial charge < -0.3 is 4.74 Å². The zero-order valence-corrected chi connectivity index (χ0v) is 6.48. The monoisotopic (exact) mass is 171 g/mol. The third kappa shape index (κ3) is 7.95. The summed E-state index contributed by atoms with van der Waals surface area (Å²) in [6.07, 6.45) is -0.399. The number of carbonyl (C=O) groups is 1. The maximum Gasteiger partial charge on any atom is 0.303 e. The van der Waals surface area contributed by atoms with Gasteiger partial charge in [0.15, 0.2) is 6.35 Å². The minimum atomic E-state index is -3.19. The van der Waals surface area contributed by atoms with Crippen LogP contribution in [0.5, 0.6) is 0 Å². The van der Waals surface area contributed by atoms with Crippen LogP contribution in [-0.2, 0) is 14.1 Å². The summed E-state index contributed by atoms with van der Waals surface area (Å²) in [5, 5.41) is 0. The van der Waals surface area contributed by atoms with Crippen molar-refractivity contribution >= 4 is 23.9 Å². The Kier molecular flexibility index (Phi) is 3.18. The van der Waals surface area contributed by atoms with Crippen LogP contribution in [0.25, 0.3) is 0 Å². The summed E-state index contributed by atoms with van der Waals surface area (Å²) in [7, 11) is 0. The van der Waals surface area contributed by atoms with E-state index in [1.54, 1.807) is 0 Å². The number of halogens is 1. The maximum atomic E-state index is 10.4. The Balaban J connectivity index is 3.53. The second-order valence-electron chi connectivity index (χ2n) is 1.47. The predicted octanol–water partition coefficient (Wildman–Crippen LogP) is 0.898. The highest BCUT2D eigenvalue weighted by Gasteiger charge is 2.11. The van der Waals surface area contributed by atoms with Gasteiger partial charge in [-0.15, -0.1) is 0 Å². The molecule has 0 aliphatic rings. The Bertz CT molecular complexity index is 153. The van der Waals surface area contributed by atoms with Crippen LogP contribution >= 0.6 is 17.9 Å². The number of ether oxygens (including phenoxy) is 1. The highest BCUT2D eigenvalue weighted by atomic mass is 35.7. The van der Waals surface area contributed by atoms with Gasteiger partial charge in [0.05, 0.1) is 0 Å². The molecule has 0 saturated heterocycles. The van der Waals surface area contributed by atoms with E-state index < -0.39 is 19.0 Å². The van der Waals surface area contributed by atoms with Gasteiger partial charge in [0.25, 0.3) is 6.65 Å². The van der Waals surface area contributed by atoms with Crippen molar-refractivity contribution in [3.05, 3.63) is 0 Å². The van der Waals surface area contributed by atoms with Crippen molar-refractivity contribution in [2.24, 2.45) is 5.50 Å². The summed E-state index contributed by atoms with van der Waals surface area (Å²) in [5.41, 5.74) is 4.83. The van der Waals surface area contributed by atoms with Gasteiger partial charge in [-0.2, -0.15) is 0 Å². The zero-order valence-electron chi connectivity index (χ0n) is 4.83. The normalized spacial score (nSPS) is 16.3. The number of hydrogen-bond donors (Lipinski definition) is 1. The van der Waals surface area contributed by atoms with E-state index in [4.69, 9.17) is 16.7 Å². The minimum Gasteiger partial charge on any atom is -0.455 e. The quantitative estimate of drug-likeness (QED) is 0.495. The summed E-state index contributed by atoms with van der Waals surface area (Å²) in [6.45, 7) is -2.00. The Morgan fingerprint density at radius 3 is 2.44 bits per heavy atom. The number of hydrogen-bond acceptors (Lipinski definition) is 3. The fourth-order valence-electron chi connectivity index (χ4n) is 0.179. The molecule has 0 fully saturated rings. The van der Waals surface area contributed by atoms with Crippen molar-refractivity contribution < 1.29 is 14.1 Å². The van der Waals surface area contributed by atoms with E-state index in [-0.39, 0.29) is 0 Å². The van der Waals surface area contributed by atoms with Gasteiger partial charge in [-0.05, 0) is 11.2 Å². The SMILES string of the molecule is CC(=O)OCP(N)(=O)Cl. The van der Waals surface area contributed by atoms with Gasteiger partial charge >= 0.3 is 5.97 Å². The topological polar surface area (TPSA) is 69.4 Å². The largest absolute Gasteiger partial charge is 0.455 e. The number of esters is 1. The van der Waals surface area contributed by atoms with Crippen LogP contribution in [0.3, 0.4) is 0 Å². The van der Waals surface area contributed by atoms with E-state index in [1.807, 2.05) is 0 Å². The first-order valence-corrected chi connectivity index (χ1v) is 4.99. The lowest BCUT2D eigenvalue weighted by atomic mass is 10.8. The number of nitrogens with two attached hydrogens (primary N) is 1. The van der Waals surface area contributed by atoms with Gasteiger partial charge in [-0.3, -0.25) is 14.9 Å². The maximum absolute atomic E-state index is 10.4. The molecule has 9 heavy (non-hydrogen) atoms. The molecule has 0 amide bonds. The second-order valence-corrected chi connectivity index (χ2v) is 4.85. The summed E-state index contributed by atoms with van der Waals surface area (Å²) < 4.78 is 14.6. The van der Waals surface area contributed by atoms with Crippen molar-refractivity contribution in [3.8, 4) is 0 Å². The first-order valence-electron chi connectivity index (χ1n) is 2.12. The smallest absolute Gasteiger partial charge is 0.303 e. The molecule has 0 aliphatic carbocycles. The van der Waals surface area contributed by atoms with Crippen molar-refractivity contribution in [3.63, 3.8) is 0 Å². The average Bonchev–Trinajstić information content (AvgIpc) is 1.59. The first kappa shape index (κ1) is 8.95. The first-order chi connectivity index (χ1) is 3.92. The molecule has 0 aliphatic heterocycles. The Hall–Kier alpha value is -0.0500. The van der Waals surface area contributed by atoms with Crippen molar-refractivity contribution in [2.45, 2.75) is 6.92 Å². The van der Waals surface area contributed by atoms with E-state index in [0.717, 1.165) is 0 Å². The van der Waals surface area contributed by atoms with Crippen molar-refractivity contribution in [2.75, 3.05) is 6.35 Å². The summed E-state index contributed by atoms with van der Waals surface area (Å²) in [6, 6.07) is 0. The molecule has 0 heterocycles. The summed E-state index contributed by atoms with van der Waals surface area (Å²) in [5.74, 6) is -0.540. The molecular weight excluding hydrogens is 164 g/mol. The lowest BCUT2D eigenvalue weighted by molar-refractivity contribution is -0.138. The minimum absolute atomic E-state index is 0.399. The van der Waals surface area contributed by atoms with E-state index in [2.05, 4.69) is 4.74 Å². The molecule has 1 atom stereocenters. The lowest BCUT2D eigenvalue weighted by Crippen LogP contribution is -2.02. The molecule has 2 N–H and O–H groups in total. The van der Waals surface area contributed by atoms with E-state index in [9.17, 15) is 9.36 Å². The molecule has 54 valence electrons. The average molecular weight is 172 g/mol. The van der Waals surface area contributed by atoms with Crippen LogP contribution < -0.4 is 5.50 Å². The van der Waals surface area contributed by atoms with Gasteiger partial charge in [-0.25, -0.2) is 0 Å². The number of rotatable bonds is 2. The van der Waals surface area contributed by atoms with Crippen molar-refractivity contribution in [1.29, 1.82) is 0 Å². The van der Waals surface area contributed by atoms with E-state index in [0.29, 0.717) is 0 Å². The molecule has 0 saturated carbocycles. The van der Waals surface area contributed by atoms with Crippen LogP contribution in [-0.4, -0.2) is 12.3 Å². The lowest BCUT2D eigenvalue weighted by Gasteiger charge is -2.01. The van der Waals surface area contributed by atoms with Crippen molar-refractivity contribution in [1.82, 2.24) is 0 Å². The fraction of sp³-hybridized carbons (Fsp3) is 0.667. The molecular formula is C3H7ClNO3P. The Labute approximate surface area is 57.5 Å². The fourth-order valence-corrected chi connectivity index (χ4v) is 0.683. The van der Waals surface area contributed by atoms with Gasteiger partial charge in [-0.1, -0.05) is 0 Å². The van der Waals surface area contributed by atoms with Gasteiger partial charge in [0.2, 0.25) is 0 Å². The molecule has 6 heteroatoms. The standard InChI is InChI=1S/C3H7ClNO3P/c1-3(6)8-2-9(4,5)7/h2H2,1H3,(H2,5,7). The Morgan fingerprint density at radius 1 is 1.89 bits per heavy atom. The molecule has 0 bridgehead atoms.